The summed E-state index contributed by atoms with van der Waals surface area (Å²) in [6, 6.07) is 1.56. The molecule has 0 aromatic heterocycles. The van der Waals surface area contributed by atoms with Crippen molar-refractivity contribution >= 4 is 18.3 Å². The van der Waals surface area contributed by atoms with Crippen LogP contribution in [-0.4, -0.2) is 25.2 Å². The van der Waals surface area contributed by atoms with Crippen molar-refractivity contribution in [3.8, 4) is 0 Å². The number of carbonyl (C=O) groups excluding carboxylic acids is 1. The molecule has 136 valence electrons. The van der Waals surface area contributed by atoms with Gasteiger partial charge in [0.1, 0.15) is 5.82 Å². The first-order valence-electron chi connectivity index (χ1n) is 7.25. The number of ether oxygens (including phenoxy) is 1. The molecule has 1 aliphatic heterocycles. The number of amides is 1. The van der Waals surface area contributed by atoms with Crippen molar-refractivity contribution in [2.75, 3.05) is 13.2 Å². The largest absolute Gasteiger partial charge is 0.416 e. The number of alkyl halides is 3. The second kappa shape index (κ2) is 8.64. The highest BCUT2D eigenvalue weighted by molar-refractivity contribution is 5.85. The standard InChI is InChI=1S/C15H18F4N2O2.ClH/c16-11-2-1-10(12(7-11)15(17,18)19)8-21-14(22)13(20)9-3-5-23-6-4-9;/h1-2,7,9,13H,3-6,8,20H2,(H,21,22);1H. The molecule has 0 saturated carbocycles. The first-order chi connectivity index (χ1) is 10.8. The van der Waals surface area contributed by atoms with Gasteiger partial charge in [0.25, 0.3) is 0 Å². The number of nitrogens with one attached hydrogen (secondary N) is 1. The Morgan fingerprint density at radius 2 is 1.96 bits per heavy atom. The maximum Gasteiger partial charge on any atom is 0.416 e. The smallest absolute Gasteiger partial charge is 0.381 e. The molecule has 9 heteroatoms. The Bertz CT molecular complexity index is 563. The summed E-state index contributed by atoms with van der Waals surface area (Å²) in [4.78, 5) is 12.0. The van der Waals surface area contributed by atoms with Gasteiger partial charge in [0, 0.05) is 19.8 Å². The molecule has 1 fully saturated rings. The van der Waals surface area contributed by atoms with Crippen LogP contribution in [0, 0.1) is 11.7 Å². The number of hydrogen-bond acceptors (Lipinski definition) is 3. The molecule has 1 aromatic carbocycles. The zero-order chi connectivity index (χ0) is 17.0. The summed E-state index contributed by atoms with van der Waals surface area (Å²) in [5.74, 6) is -1.56. The Hall–Kier alpha value is -1.38. The lowest BCUT2D eigenvalue weighted by Gasteiger charge is -2.26. The fraction of sp³-hybridized carbons (Fsp3) is 0.533. The molecule has 1 heterocycles. The third kappa shape index (κ3) is 5.32. The van der Waals surface area contributed by atoms with E-state index in [9.17, 15) is 22.4 Å². The zero-order valence-electron chi connectivity index (χ0n) is 12.7. The molecule has 1 saturated heterocycles. The number of nitrogens with two attached hydrogens (primary N) is 1. The van der Waals surface area contributed by atoms with E-state index >= 15 is 0 Å². The van der Waals surface area contributed by atoms with Gasteiger partial charge in [0.15, 0.2) is 0 Å². The van der Waals surface area contributed by atoms with E-state index in [0.717, 1.165) is 12.1 Å². The average molecular weight is 371 g/mol. The van der Waals surface area contributed by atoms with E-state index in [0.29, 0.717) is 32.1 Å². The zero-order valence-corrected chi connectivity index (χ0v) is 13.6. The van der Waals surface area contributed by atoms with Gasteiger partial charge in [-0.1, -0.05) is 6.07 Å². The minimum Gasteiger partial charge on any atom is -0.381 e. The molecule has 0 bridgehead atoms. The molecule has 4 nitrogen and oxygen atoms in total. The van der Waals surface area contributed by atoms with Gasteiger partial charge in [-0.25, -0.2) is 4.39 Å². The first kappa shape index (κ1) is 20.7. The Morgan fingerprint density at radius 3 is 2.54 bits per heavy atom. The van der Waals surface area contributed by atoms with Crippen LogP contribution in [0.1, 0.15) is 24.0 Å². The van der Waals surface area contributed by atoms with Crippen LogP contribution in [0.2, 0.25) is 0 Å². The topological polar surface area (TPSA) is 64.4 Å². The third-order valence-corrected chi connectivity index (χ3v) is 3.91. The quantitative estimate of drug-likeness (QED) is 0.801. The Labute approximate surface area is 143 Å². The Kier molecular flexibility index (Phi) is 7.44. The summed E-state index contributed by atoms with van der Waals surface area (Å²) < 4.78 is 56.9. The fourth-order valence-corrected chi connectivity index (χ4v) is 2.56. The van der Waals surface area contributed by atoms with Gasteiger partial charge in [-0.2, -0.15) is 13.2 Å². The van der Waals surface area contributed by atoms with E-state index in [4.69, 9.17) is 10.5 Å². The molecule has 1 aliphatic rings. The number of halogens is 5. The molecule has 24 heavy (non-hydrogen) atoms. The number of rotatable bonds is 4. The van der Waals surface area contributed by atoms with Gasteiger partial charge in [-0.3, -0.25) is 4.79 Å². The molecule has 3 N–H and O–H groups in total. The minimum absolute atomic E-state index is 0. The lowest BCUT2D eigenvalue weighted by atomic mass is 9.92. The maximum absolute atomic E-state index is 13.0. The summed E-state index contributed by atoms with van der Waals surface area (Å²) >= 11 is 0. The van der Waals surface area contributed by atoms with Crippen molar-refractivity contribution in [3.63, 3.8) is 0 Å². The van der Waals surface area contributed by atoms with E-state index in [1.54, 1.807) is 0 Å². The molecule has 1 atom stereocenters. The predicted molar refractivity (Wildman–Crippen MR) is 82.0 cm³/mol. The predicted octanol–water partition coefficient (Wildman–Crippen LogP) is 2.64. The Morgan fingerprint density at radius 1 is 1.33 bits per heavy atom. The molecule has 0 radical (unpaired) electrons. The van der Waals surface area contributed by atoms with E-state index in [1.165, 1.54) is 0 Å². The SMILES string of the molecule is Cl.NC(C(=O)NCc1ccc(F)cc1C(F)(F)F)C1CCOCC1. The second-order valence-electron chi connectivity index (χ2n) is 5.49. The summed E-state index contributed by atoms with van der Waals surface area (Å²) in [5, 5.41) is 2.40. The lowest BCUT2D eigenvalue weighted by Crippen LogP contribution is -2.47. The van der Waals surface area contributed by atoms with Crippen molar-refractivity contribution in [1.29, 1.82) is 0 Å². The van der Waals surface area contributed by atoms with Gasteiger partial charge in [0.05, 0.1) is 11.6 Å². The van der Waals surface area contributed by atoms with Crippen molar-refractivity contribution in [3.05, 3.63) is 35.1 Å². The van der Waals surface area contributed by atoms with Gasteiger partial charge >= 0.3 is 6.18 Å². The van der Waals surface area contributed by atoms with Crippen LogP contribution < -0.4 is 11.1 Å². The van der Waals surface area contributed by atoms with E-state index in [-0.39, 0.29) is 30.4 Å². The fourth-order valence-electron chi connectivity index (χ4n) is 2.56. The van der Waals surface area contributed by atoms with Crippen LogP contribution in [0.4, 0.5) is 17.6 Å². The highest BCUT2D eigenvalue weighted by Gasteiger charge is 2.34. The summed E-state index contributed by atoms with van der Waals surface area (Å²) in [7, 11) is 0. The monoisotopic (exact) mass is 370 g/mol. The van der Waals surface area contributed by atoms with Crippen molar-refractivity contribution in [2.45, 2.75) is 31.6 Å². The number of hydrogen-bond donors (Lipinski definition) is 2. The molecule has 0 aliphatic carbocycles. The van der Waals surface area contributed by atoms with Crippen LogP contribution in [0.25, 0.3) is 0 Å². The van der Waals surface area contributed by atoms with Crippen LogP contribution >= 0.6 is 12.4 Å². The van der Waals surface area contributed by atoms with E-state index in [1.807, 2.05) is 0 Å². The molecule has 1 amide bonds. The molecule has 1 aromatic rings. The lowest BCUT2D eigenvalue weighted by molar-refractivity contribution is -0.138. The highest BCUT2D eigenvalue weighted by Crippen LogP contribution is 2.32. The van der Waals surface area contributed by atoms with Crippen molar-refractivity contribution in [2.24, 2.45) is 11.7 Å². The van der Waals surface area contributed by atoms with Crippen LogP contribution in [-0.2, 0) is 22.3 Å². The molecular weight excluding hydrogens is 352 g/mol. The molecular formula is C15H19ClF4N2O2. The van der Waals surface area contributed by atoms with Crippen LogP contribution in [0.3, 0.4) is 0 Å². The van der Waals surface area contributed by atoms with E-state index < -0.39 is 29.5 Å². The normalized spacial score (nSPS) is 17.0. The van der Waals surface area contributed by atoms with Gasteiger partial charge < -0.3 is 15.8 Å². The van der Waals surface area contributed by atoms with Crippen LogP contribution in [0.15, 0.2) is 18.2 Å². The minimum atomic E-state index is -4.69. The maximum atomic E-state index is 13.0. The molecule has 1 unspecified atom stereocenters. The van der Waals surface area contributed by atoms with Crippen molar-refractivity contribution < 1.29 is 27.1 Å². The summed E-state index contributed by atoms with van der Waals surface area (Å²) in [5.41, 5.74) is 4.55. The van der Waals surface area contributed by atoms with Crippen LogP contribution in [0.5, 0.6) is 0 Å². The third-order valence-electron chi connectivity index (χ3n) is 3.91. The second-order valence-corrected chi connectivity index (χ2v) is 5.49. The van der Waals surface area contributed by atoms with Gasteiger partial charge in [-0.15, -0.1) is 12.4 Å². The number of benzene rings is 1. The van der Waals surface area contributed by atoms with E-state index in [2.05, 4.69) is 5.32 Å². The Balaban J connectivity index is 0.00000288. The van der Waals surface area contributed by atoms with Gasteiger partial charge in [-0.05, 0) is 36.5 Å². The summed E-state index contributed by atoms with van der Waals surface area (Å²) in [6.45, 7) is 0.675. The van der Waals surface area contributed by atoms with Gasteiger partial charge in [0.2, 0.25) is 5.91 Å². The molecule has 2 rings (SSSR count). The van der Waals surface area contributed by atoms with Crippen molar-refractivity contribution in [1.82, 2.24) is 5.32 Å². The summed E-state index contributed by atoms with van der Waals surface area (Å²) in [6.07, 6.45) is -3.41. The first-order valence-corrected chi connectivity index (χ1v) is 7.25. The highest BCUT2D eigenvalue weighted by atomic mass is 35.5. The molecule has 0 spiro atoms. The number of carbonyl (C=O) groups is 1. The average Bonchev–Trinajstić information content (AvgIpc) is 2.52.